The summed E-state index contributed by atoms with van der Waals surface area (Å²) in [7, 11) is -2.99. The van der Waals surface area contributed by atoms with E-state index in [9.17, 15) is 4.57 Å². The number of nitrogens with one attached hydrogen (secondary N) is 1. The van der Waals surface area contributed by atoms with Crippen LogP contribution < -0.4 is 0 Å². The number of methoxy groups -OCH3 is 1. The Kier molecular flexibility index (Phi) is 4.55. The molecule has 0 amide bonds. The fraction of sp³-hybridized carbons (Fsp3) is 0.833. The summed E-state index contributed by atoms with van der Waals surface area (Å²) in [6, 6.07) is 0. The molecule has 0 radical (unpaired) electrons. The van der Waals surface area contributed by atoms with Crippen LogP contribution in [0.2, 0.25) is 0 Å². The minimum Gasteiger partial charge on any atom is -0.363 e. The zero-order valence-corrected chi connectivity index (χ0v) is 9.10. The zero-order chi connectivity index (χ0) is 10.7. The lowest BCUT2D eigenvalue weighted by Gasteiger charge is -2.19. The Bertz CT molecular complexity index is 237. The van der Waals surface area contributed by atoms with Crippen molar-refractivity contribution in [1.82, 2.24) is 0 Å². The Morgan fingerprint density at radius 2 is 2.15 bits per heavy atom. The second kappa shape index (κ2) is 4.53. The molecule has 0 aliphatic rings. The van der Waals surface area contributed by atoms with Crippen molar-refractivity contribution < 1.29 is 19.1 Å². The van der Waals surface area contributed by atoms with Crippen LogP contribution in [0.4, 0.5) is 0 Å². The first kappa shape index (κ1) is 13.1. The molecule has 0 fully saturated rings. The molecule has 0 spiro atoms. The first-order valence-electron chi connectivity index (χ1n) is 3.56. The van der Waals surface area contributed by atoms with E-state index in [1.54, 1.807) is 6.92 Å². The van der Waals surface area contributed by atoms with Crippen LogP contribution in [-0.4, -0.2) is 27.4 Å². The molecule has 0 heterocycles. The second-order valence-corrected chi connectivity index (χ2v) is 5.22. The van der Waals surface area contributed by atoms with Crippen molar-refractivity contribution in [2.24, 2.45) is 0 Å². The second-order valence-electron chi connectivity index (χ2n) is 2.80. The molecule has 7 heteroatoms. The summed E-state index contributed by atoms with van der Waals surface area (Å²) >= 11 is 5.74. The van der Waals surface area contributed by atoms with Crippen molar-refractivity contribution in [3.63, 3.8) is 0 Å². The lowest BCUT2D eigenvalue weighted by molar-refractivity contribution is 0.0744. The van der Waals surface area contributed by atoms with Crippen LogP contribution in [0.1, 0.15) is 19.8 Å². The highest BCUT2D eigenvalue weighted by molar-refractivity contribution is 7.70. The predicted octanol–water partition coefficient (Wildman–Crippen LogP) is 1.52. The molecule has 0 saturated heterocycles. The molecule has 0 aromatic carbocycles. The van der Waals surface area contributed by atoms with Crippen LogP contribution in [0.15, 0.2) is 0 Å². The molecule has 78 valence electrons. The van der Waals surface area contributed by atoms with E-state index in [4.69, 9.17) is 31.5 Å². The molecule has 5 nitrogen and oxygen atoms in total. The highest BCUT2D eigenvalue weighted by Gasteiger charge is 2.26. The van der Waals surface area contributed by atoms with Gasteiger partial charge in [-0.15, -0.1) is 0 Å². The third-order valence-electron chi connectivity index (χ3n) is 1.59. The highest BCUT2D eigenvalue weighted by Crippen LogP contribution is 2.39. The van der Waals surface area contributed by atoms with Gasteiger partial charge in [-0.1, -0.05) is 11.6 Å². The summed E-state index contributed by atoms with van der Waals surface area (Å²) < 4.78 is 15.3. The molecular formula is C6H13ClNO4P. The van der Waals surface area contributed by atoms with Gasteiger partial charge in [-0.3, -0.25) is 9.97 Å². The Morgan fingerprint density at radius 1 is 1.69 bits per heavy atom. The van der Waals surface area contributed by atoms with E-state index in [2.05, 4.69) is 0 Å². The van der Waals surface area contributed by atoms with Crippen molar-refractivity contribution in [2.75, 3.05) is 7.11 Å². The van der Waals surface area contributed by atoms with Crippen LogP contribution in [0.25, 0.3) is 0 Å². The SMILES string of the molecule is COC(C)(Cl)CCC(=N)P(=O)(O)O. The zero-order valence-electron chi connectivity index (χ0n) is 7.45. The van der Waals surface area contributed by atoms with E-state index in [0.29, 0.717) is 0 Å². The summed E-state index contributed by atoms with van der Waals surface area (Å²) in [5.74, 6) is 0. The summed E-state index contributed by atoms with van der Waals surface area (Å²) in [6.45, 7) is 1.57. The van der Waals surface area contributed by atoms with Crippen molar-refractivity contribution in [3.05, 3.63) is 0 Å². The number of alkyl halides is 1. The van der Waals surface area contributed by atoms with Crippen molar-refractivity contribution in [2.45, 2.75) is 24.8 Å². The number of halogens is 1. The third kappa shape index (κ3) is 5.39. The summed E-state index contributed by atoms with van der Waals surface area (Å²) in [6.07, 6.45) is 0.118. The van der Waals surface area contributed by atoms with Crippen LogP contribution in [-0.2, 0) is 9.30 Å². The Labute approximate surface area is 81.7 Å². The smallest absolute Gasteiger partial charge is 0.363 e. The number of hydrogen-bond donors (Lipinski definition) is 3. The van der Waals surface area contributed by atoms with Gasteiger partial charge >= 0.3 is 7.60 Å². The monoisotopic (exact) mass is 229 g/mol. The molecule has 0 aliphatic carbocycles. The highest BCUT2D eigenvalue weighted by atomic mass is 35.5. The molecule has 1 atom stereocenters. The van der Waals surface area contributed by atoms with Gasteiger partial charge in [0, 0.05) is 13.5 Å². The Morgan fingerprint density at radius 3 is 2.46 bits per heavy atom. The van der Waals surface area contributed by atoms with Crippen LogP contribution in [0.3, 0.4) is 0 Å². The maximum Gasteiger partial charge on any atom is 0.369 e. The van der Waals surface area contributed by atoms with Crippen molar-refractivity contribution in [1.29, 1.82) is 5.41 Å². The predicted molar refractivity (Wildman–Crippen MR) is 50.3 cm³/mol. The van der Waals surface area contributed by atoms with Crippen LogP contribution >= 0.6 is 19.2 Å². The number of ether oxygens (including phenoxy) is 1. The van der Waals surface area contributed by atoms with Gasteiger partial charge in [-0.05, 0) is 13.3 Å². The quantitative estimate of drug-likeness (QED) is 0.379. The molecule has 0 bridgehead atoms. The first-order chi connectivity index (χ1) is 5.69. The van der Waals surface area contributed by atoms with Gasteiger partial charge in [0.2, 0.25) is 0 Å². The maximum atomic E-state index is 10.5. The average molecular weight is 230 g/mol. The van der Waals surface area contributed by atoms with Gasteiger partial charge < -0.3 is 14.5 Å². The maximum absolute atomic E-state index is 10.5. The van der Waals surface area contributed by atoms with Gasteiger partial charge in [0.25, 0.3) is 0 Å². The largest absolute Gasteiger partial charge is 0.369 e. The molecule has 1 unspecified atom stereocenters. The minimum absolute atomic E-state index is 0.0713. The van der Waals surface area contributed by atoms with Gasteiger partial charge in [0.05, 0.1) is 0 Å². The van der Waals surface area contributed by atoms with Crippen LogP contribution in [0.5, 0.6) is 0 Å². The van der Waals surface area contributed by atoms with E-state index in [0.717, 1.165) is 0 Å². The van der Waals surface area contributed by atoms with Gasteiger partial charge in [0.15, 0.2) is 0 Å². The van der Waals surface area contributed by atoms with Gasteiger partial charge in [-0.2, -0.15) is 0 Å². The van der Waals surface area contributed by atoms with E-state index in [1.165, 1.54) is 7.11 Å². The fourth-order valence-electron chi connectivity index (χ4n) is 0.589. The summed E-state index contributed by atoms with van der Waals surface area (Å²) in [5, 5.41) is 6.05. The molecule has 0 aromatic heterocycles. The summed E-state index contributed by atoms with van der Waals surface area (Å²) in [4.78, 5) is 17.1. The minimum atomic E-state index is -4.38. The van der Waals surface area contributed by atoms with Crippen molar-refractivity contribution >= 4 is 24.6 Å². The lowest BCUT2D eigenvalue weighted by atomic mass is 10.2. The van der Waals surface area contributed by atoms with E-state index >= 15 is 0 Å². The average Bonchev–Trinajstić information content (AvgIpc) is 1.98. The van der Waals surface area contributed by atoms with E-state index in [1.807, 2.05) is 0 Å². The van der Waals surface area contributed by atoms with Gasteiger partial charge in [0.1, 0.15) is 10.5 Å². The first-order valence-corrected chi connectivity index (χ1v) is 5.55. The third-order valence-corrected chi connectivity index (χ3v) is 2.86. The number of rotatable bonds is 5. The van der Waals surface area contributed by atoms with E-state index in [-0.39, 0.29) is 12.8 Å². The topological polar surface area (TPSA) is 90.6 Å². The Balaban J connectivity index is 4.06. The number of hydrogen-bond acceptors (Lipinski definition) is 3. The fourth-order valence-corrected chi connectivity index (χ4v) is 1.09. The van der Waals surface area contributed by atoms with E-state index < -0.39 is 18.1 Å². The van der Waals surface area contributed by atoms with Crippen molar-refractivity contribution in [3.8, 4) is 0 Å². The molecule has 0 aromatic rings. The lowest BCUT2D eigenvalue weighted by Crippen LogP contribution is -2.20. The van der Waals surface area contributed by atoms with Crippen LogP contribution in [0, 0.1) is 5.41 Å². The summed E-state index contributed by atoms with van der Waals surface area (Å²) in [5.41, 5.74) is -0.614. The molecule has 13 heavy (non-hydrogen) atoms. The molecular weight excluding hydrogens is 216 g/mol. The molecule has 0 aliphatic heterocycles. The molecule has 0 rings (SSSR count). The molecule has 3 N–H and O–H groups in total. The van der Waals surface area contributed by atoms with Gasteiger partial charge in [-0.25, -0.2) is 0 Å². The normalized spacial score (nSPS) is 16.7. The standard InChI is InChI=1S/C6H13ClNO4P/c1-6(7,12-2)4-3-5(8)13(9,10)11/h8H,3-4H2,1-2H3,(H2,9,10,11). The Hall–Kier alpha value is 0.0700. The molecule has 0 saturated carbocycles.